The van der Waals surface area contributed by atoms with Gasteiger partial charge in [0.15, 0.2) is 18.7 Å². The van der Waals surface area contributed by atoms with E-state index in [1.807, 2.05) is 140 Å². The summed E-state index contributed by atoms with van der Waals surface area (Å²) in [6, 6.07) is 44.0. The number of amides is 2. The van der Waals surface area contributed by atoms with Crippen molar-refractivity contribution in [2.45, 2.75) is 121 Å². The monoisotopic (exact) mass is 1000 g/mol. The van der Waals surface area contributed by atoms with Crippen LogP contribution in [0, 0.1) is 0 Å². The van der Waals surface area contributed by atoms with Crippen LogP contribution in [0.3, 0.4) is 0 Å². The maximum atomic E-state index is 14.2. The summed E-state index contributed by atoms with van der Waals surface area (Å²) in [6.07, 6.45) is -11.3. The van der Waals surface area contributed by atoms with Crippen LogP contribution in [-0.2, 0) is 99.6 Å². The fourth-order valence-corrected chi connectivity index (χ4v) is 8.52. The Bertz CT molecular complexity index is 2440. The molecule has 2 amide bonds. The van der Waals surface area contributed by atoms with E-state index in [0.717, 1.165) is 27.8 Å². The molecule has 11 atom stereocenters. The van der Waals surface area contributed by atoms with Crippen molar-refractivity contribution in [3.8, 4) is 0 Å². The van der Waals surface area contributed by atoms with Crippen LogP contribution in [0.15, 0.2) is 152 Å². The van der Waals surface area contributed by atoms with Gasteiger partial charge in [0.2, 0.25) is 11.8 Å². The Morgan fingerprint density at radius 1 is 0.507 bits per heavy atom. The van der Waals surface area contributed by atoms with Gasteiger partial charge in [-0.05, 0) is 27.8 Å². The molecule has 2 saturated heterocycles. The minimum absolute atomic E-state index is 0.0104. The molecule has 0 aliphatic carbocycles. The minimum atomic E-state index is -1.55. The van der Waals surface area contributed by atoms with E-state index >= 15 is 0 Å². The van der Waals surface area contributed by atoms with Crippen molar-refractivity contribution in [2.24, 2.45) is 0 Å². The van der Waals surface area contributed by atoms with Gasteiger partial charge in [0.1, 0.15) is 61.9 Å². The normalized spacial score (nSPS) is 24.2. The molecule has 73 heavy (non-hydrogen) atoms. The lowest BCUT2D eigenvalue weighted by Crippen LogP contribution is -2.70. The summed E-state index contributed by atoms with van der Waals surface area (Å²) in [6.45, 7) is 2.77. The number of aliphatic hydroxyl groups is 1. The van der Waals surface area contributed by atoms with E-state index in [1.54, 1.807) is 12.1 Å². The molecular weight excluding hydrogens is 941 g/mol. The van der Waals surface area contributed by atoms with Gasteiger partial charge >= 0.3 is 11.9 Å². The largest absolute Gasteiger partial charge is 0.463 e. The summed E-state index contributed by atoms with van der Waals surface area (Å²) in [5.74, 6) is -2.45. The van der Waals surface area contributed by atoms with Crippen LogP contribution in [0.5, 0.6) is 0 Å². The summed E-state index contributed by atoms with van der Waals surface area (Å²) in [4.78, 5) is 53.4. The van der Waals surface area contributed by atoms with E-state index in [1.165, 1.54) is 20.8 Å². The highest BCUT2D eigenvalue weighted by molar-refractivity contribution is 5.75. The number of nitrogens with one attached hydrogen (secondary N) is 2. The number of carbonyl (C=O) groups is 4. The molecule has 0 aromatic heterocycles. The van der Waals surface area contributed by atoms with Crippen LogP contribution >= 0.6 is 0 Å². The first-order valence-electron chi connectivity index (χ1n) is 24.2. The zero-order valence-electron chi connectivity index (χ0n) is 41.1. The van der Waals surface area contributed by atoms with Gasteiger partial charge in [-0.2, -0.15) is 0 Å². The molecule has 2 heterocycles. The number of benzene rings is 5. The van der Waals surface area contributed by atoms with E-state index in [0.29, 0.717) is 0 Å². The lowest BCUT2D eigenvalue weighted by Gasteiger charge is -2.50. The van der Waals surface area contributed by atoms with Gasteiger partial charge in [-0.15, -0.1) is 0 Å². The summed E-state index contributed by atoms with van der Waals surface area (Å²) in [5, 5.41) is 17.0. The predicted molar refractivity (Wildman–Crippen MR) is 263 cm³/mol. The van der Waals surface area contributed by atoms with Crippen molar-refractivity contribution in [3.05, 3.63) is 179 Å². The van der Waals surface area contributed by atoms with Crippen molar-refractivity contribution in [3.63, 3.8) is 0 Å². The first-order chi connectivity index (χ1) is 35.5. The number of hydrogen-bond acceptors (Lipinski definition) is 15. The molecule has 0 radical (unpaired) electrons. The maximum absolute atomic E-state index is 14.2. The van der Waals surface area contributed by atoms with Crippen LogP contribution in [0.2, 0.25) is 0 Å². The fourth-order valence-electron chi connectivity index (χ4n) is 8.52. The number of ether oxygens (including phenoxy) is 10. The summed E-state index contributed by atoms with van der Waals surface area (Å²) >= 11 is 0. The highest BCUT2D eigenvalue weighted by Crippen LogP contribution is 2.35. The predicted octanol–water partition coefficient (Wildman–Crippen LogP) is 5.49. The Morgan fingerprint density at radius 3 is 1.37 bits per heavy atom. The molecule has 3 N–H and O–H groups in total. The van der Waals surface area contributed by atoms with Crippen molar-refractivity contribution >= 4 is 23.8 Å². The van der Waals surface area contributed by atoms with Gasteiger partial charge in [-0.25, -0.2) is 4.79 Å². The fraction of sp³-hybridized carbons (Fsp3) is 0.393. The van der Waals surface area contributed by atoms with Crippen LogP contribution in [-0.4, -0.2) is 116 Å². The molecule has 388 valence electrons. The van der Waals surface area contributed by atoms with Gasteiger partial charge in [0.25, 0.3) is 0 Å². The number of hydrogen-bond donors (Lipinski definition) is 3. The van der Waals surface area contributed by atoms with E-state index < -0.39 is 104 Å². The third kappa shape index (κ3) is 16.6. The molecule has 17 nitrogen and oxygen atoms in total. The van der Waals surface area contributed by atoms with Gasteiger partial charge < -0.3 is 63.1 Å². The molecule has 0 saturated carbocycles. The van der Waals surface area contributed by atoms with Crippen LogP contribution < -0.4 is 10.6 Å². The highest BCUT2D eigenvalue weighted by Gasteiger charge is 2.55. The third-order valence-corrected chi connectivity index (χ3v) is 12.0. The molecule has 0 bridgehead atoms. The van der Waals surface area contributed by atoms with Crippen LogP contribution in [0.1, 0.15) is 48.6 Å². The van der Waals surface area contributed by atoms with Crippen LogP contribution in [0.25, 0.3) is 0 Å². The SMILES string of the molecule is CC(=O)N[C@H]1[C@@H](O[C@@H]2[C@@H](NC(C)=O)[C@@H](O[C@H](COCc3ccccc3)C(=O)OCc3ccccc3)O[C@H](COC(C)=O)[C@H]2OCc2ccccc2)O[C@H](CO)[C@@H](OCc2ccccc2)[C@@H]1OCc1ccccc1. The second kappa shape index (κ2) is 28.2. The maximum Gasteiger partial charge on any atom is 0.338 e. The van der Waals surface area contributed by atoms with Gasteiger partial charge in [0.05, 0.1) is 39.6 Å². The van der Waals surface area contributed by atoms with Crippen molar-refractivity contribution in [1.82, 2.24) is 10.6 Å². The zero-order chi connectivity index (χ0) is 51.4. The van der Waals surface area contributed by atoms with E-state index in [-0.39, 0.29) is 39.6 Å². The molecular formula is C56H64N2O15. The molecule has 5 aromatic carbocycles. The minimum Gasteiger partial charge on any atom is -0.463 e. The Morgan fingerprint density at radius 2 is 0.918 bits per heavy atom. The first kappa shape index (κ1) is 54.4. The Balaban J connectivity index is 1.27. The standard InChI is InChI=1S/C56H64N2O15/c1-37(60)57-48-52(68-33-43-25-15-7-16-26-43)50(66-31-41-21-11-5-12-22-41)45(29-59)70-56(48)73-53-49(58-38(2)61)55(71-46(36-65-39(3)62)51(53)67-32-42-23-13-6-14-24-42)72-47(35-64-30-40-19-9-4-10-20-40)54(63)69-34-44-27-17-8-18-28-44/h4-28,45-53,55-56,59H,29-36H2,1-3H3,(H,57,60)(H,58,61)/t45-,46-,47-,48-,49-,50-,51-,52-,53-,55-,56-/m1/s1. The first-order valence-corrected chi connectivity index (χ1v) is 24.2. The topological polar surface area (TPSA) is 205 Å². The van der Waals surface area contributed by atoms with E-state index in [4.69, 9.17) is 47.4 Å². The summed E-state index contributed by atoms with van der Waals surface area (Å²) in [7, 11) is 0. The summed E-state index contributed by atoms with van der Waals surface area (Å²) < 4.78 is 64.3. The average Bonchev–Trinajstić information content (AvgIpc) is 3.40. The number of esters is 2. The lowest BCUT2D eigenvalue weighted by molar-refractivity contribution is -0.343. The van der Waals surface area contributed by atoms with E-state index in [9.17, 15) is 24.3 Å². The second-order valence-corrected chi connectivity index (χ2v) is 17.6. The number of carbonyl (C=O) groups excluding carboxylic acids is 4. The Kier molecular flexibility index (Phi) is 21.0. The highest BCUT2D eigenvalue weighted by atomic mass is 16.7. The molecule has 2 fully saturated rings. The molecule has 5 aromatic rings. The number of rotatable bonds is 25. The molecule has 2 aliphatic rings. The van der Waals surface area contributed by atoms with Gasteiger partial charge in [-0.1, -0.05) is 152 Å². The second-order valence-electron chi connectivity index (χ2n) is 17.6. The molecule has 0 unspecified atom stereocenters. The van der Waals surface area contributed by atoms with Gasteiger partial charge in [-0.3, -0.25) is 14.4 Å². The lowest BCUT2D eigenvalue weighted by atomic mass is 9.93. The molecule has 2 aliphatic heterocycles. The molecule has 17 heteroatoms. The van der Waals surface area contributed by atoms with Crippen molar-refractivity contribution in [1.29, 1.82) is 0 Å². The Labute approximate surface area is 425 Å². The van der Waals surface area contributed by atoms with E-state index in [2.05, 4.69) is 10.6 Å². The smallest absolute Gasteiger partial charge is 0.338 e. The number of aliphatic hydroxyl groups excluding tert-OH is 1. The average molecular weight is 1010 g/mol. The molecule has 7 rings (SSSR count). The quantitative estimate of drug-likeness (QED) is 0.0619. The Hall–Kier alpha value is -6.38. The van der Waals surface area contributed by atoms with Crippen molar-refractivity contribution < 1.29 is 71.7 Å². The molecule has 0 spiro atoms. The third-order valence-electron chi connectivity index (χ3n) is 12.0. The van der Waals surface area contributed by atoms with Crippen molar-refractivity contribution in [2.75, 3.05) is 19.8 Å². The zero-order valence-corrected chi connectivity index (χ0v) is 41.1. The van der Waals surface area contributed by atoms with Crippen LogP contribution in [0.4, 0.5) is 0 Å². The summed E-state index contributed by atoms with van der Waals surface area (Å²) in [5.41, 5.74) is 3.97. The van der Waals surface area contributed by atoms with Gasteiger partial charge in [0, 0.05) is 20.8 Å².